The van der Waals surface area contributed by atoms with Crippen LogP contribution in [0, 0.1) is 0 Å². The van der Waals surface area contributed by atoms with Gasteiger partial charge in [-0.15, -0.1) is 0 Å². The molecule has 0 saturated carbocycles. The Labute approximate surface area is 112 Å². The van der Waals surface area contributed by atoms with Gasteiger partial charge in [-0.2, -0.15) is 0 Å². The molecule has 0 fully saturated rings. The third-order valence-corrected chi connectivity index (χ3v) is 2.89. The largest absolute Gasteiger partial charge is 0.495 e. The topological polar surface area (TPSA) is 47.0 Å². The Balaban J connectivity index is 2.24. The van der Waals surface area contributed by atoms with Crippen molar-refractivity contribution in [2.75, 3.05) is 12.4 Å². The number of hydrogen-bond donors (Lipinski definition) is 1. The van der Waals surface area contributed by atoms with Gasteiger partial charge in [0.05, 0.1) is 11.6 Å². The predicted molar refractivity (Wildman–Crippen MR) is 71.0 cm³/mol. The van der Waals surface area contributed by atoms with Gasteiger partial charge in [0.15, 0.2) is 0 Å². The highest BCUT2D eigenvalue weighted by molar-refractivity contribution is 9.10. The van der Waals surface area contributed by atoms with Gasteiger partial charge in [0.2, 0.25) is 5.28 Å². The van der Waals surface area contributed by atoms with E-state index in [1.165, 1.54) is 0 Å². The molecule has 2 rings (SSSR count). The molecule has 4 nitrogen and oxygen atoms in total. The summed E-state index contributed by atoms with van der Waals surface area (Å²) in [5, 5.41) is 3.32. The van der Waals surface area contributed by atoms with Crippen LogP contribution in [-0.2, 0) is 0 Å². The van der Waals surface area contributed by atoms with Crippen molar-refractivity contribution in [2.45, 2.75) is 0 Å². The molecule has 1 aromatic carbocycles. The molecule has 1 N–H and O–H groups in total. The number of hydrogen-bond acceptors (Lipinski definition) is 4. The van der Waals surface area contributed by atoms with E-state index in [0.717, 1.165) is 15.9 Å². The molecule has 0 unspecified atom stereocenters. The quantitative estimate of drug-likeness (QED) is 0.879. The molecule has 0 amide bonds. The van der Waals surface area contributed by atoms with Crippen molar-refractivity contribution in [3.63, 3.8) is 0 Å². The Bertz CT molecular complexity index is 536. The number of halogens is 2. The van der Waals surface area contributed by atoms with Crippen LogP contribution in [0.5, 0.6) is 5.75 Å². The van der Waals surface area contributed by atoms with Crippen LogP contribution < -0.4 is 10.1 Å². The SMILES string of the molecule is COc1cc(Nc2ccnc(Cl)n2)ccc1Br. The van der Waals surface area contributed by atoms with Gasteiger partial charge in [-0.1, -0.05) is 0 Å². The first kappa shape index (κ1) is 12.1. The molecule has 2 aromatic rings. The zero-order chi connectivity index (χ0) is 12.3. The Morgan fingerprint density at radius 1 is 1.35 bits per heavy atom. The normalized spacial score (nSPS) is 10.1. The second-order valence-corrected chi connectivity index (χ2v) is 4.38. The Morgan fingerprint density at radius 2 is 2.18 bits per heavy atom. The van der Waals surface area contributed by atoms with Gasteiger partial charge >= 0.3 is 0 Å². The van der Waals surface area contributed by atoms with E-state index in [1.807, 2.05) is 18.2 Å². The summed E-state index contributed by atoms with van der Waals surface area (Å²) >= 11 is 9.09. The van der Waals surface area contributed by atoms with Gasteiger partial charge in [0.1, 0.15) is 11.6 Å². The zero-order valence-corrected chi connectivity index (χ0v) is 11.3. The number of benzene rings is 1. The highest BCUT2D eigenvalue weighted by atomic mass is 79.9. The molecule has 6 heteroatoms. The first-order valence-corrected chi connectivity index (χ1v) is 5.95. The number of nitrogens with one attached hydrogen (secondary N) is 1. The van der Waals surface area contributed by atoms with Crippen molar-refractivity contribution in [3.8, 4) is 5.75 Å². The van der Waals surface area contributed by atoms with Gasteiger partial charge in [0, 0.05) is 18.0 Å². The molecule has 88 valence electrons. The maximum Gasteiger partial charge on any atom is 0.224 e. The smallest absolute Gasteiger partial charge is 0.224 e. The van der Waals surface area contributed by atoms with E-state index < -0.39 is 0 Å². The van der Waals surface area contributed by atoms with Crippen LogP contribution in [-0.4, -0.2) is 17.1 Å². The van der Waals surface area contributed by atoms with Gasteiger partial charge in [-0.25, -0.2) is 9.97 Å². The van der Waals surface area contributed by atoms with Crippen LogP contribution in [0.3, 0.4) is 0 Å². The van der Waals surface area contributed by atoms with Gasteiger partial charge in [-0.05, 0) is 45.7 Å². The predicted octanol–water partition coefficient (Wildman–Crippen LogP) is 3.64. The summed E-state index contributed by atoms with van der Waals surface area (Å²) in [5.74, 6) is 1.38. The highest BCUT2D eigenvalue weighted by Crippen LogP contribution is 2.29. The fourth-order valence-corrected chi connectivity index (χ4v) is 1.85. The molecule has 1 aromatic heterocycles. The third-order valence-electron chi connectivity index (χ3n) is 2.05. The van der Waals surface area contributed by atoms with E-state index in [4.69, 9.17) is 16.3 Å². The lowest BCUT2D eigenvalue weighted by molar-refractivity contribution is 0.412. The van der Waals surface area contributed by atoms with Gasteiger partial charge in [-0.3, -0.25) is 0 Å². The number of rotatable bonds is 3. The van der Waals surface area contributed by atoms with E-state index in [9.17, 15) is 0 Å². The Kier molecular flexibility index (Phi) is 3.81. The lowest BCUT2D eigenvalue weighted by atomic mass is 10.3. The minimum atomic E-state index is 0.207. The van der Waals surface area contributed by atoms with Crippen LogP contribution in [0.4, 0.5) is 11.5 Å². The summed E-state index contributed by atoms with van der Waals surface area (Å²) in [4.78, 5) is 7.85. The summed E-state index contributed by atoms with van der Waals surface area (Å²) in [6.07, 6.45) is 1.59. The maximum absolute atomic E-state index is 5.70. The molecule has 0 bridgehead atoms. The molecule has 0 aliphatic rings. The lowest BCUT2D eigenvalue weighted by Gasteiger charge is -2.08. The standard InChI is InChI=1S/C11H9BrClN3O/c1-17-9-6-7(2-3-8(9)12)15-10-4-5-14-11(13)16-10/h2-6H,1H3,(H,14,15,16). The van der Waals surface area contributed by atoms with E-state index in [-0.39, 0.29) is 5.28 Å². The molecule has 0 spiro atoms. The zero-order valence-electron chi connectivity index (χ0n) is 8.95. The molecule has 0 radical (unpaired) electrons. The van der Waals surface area contributed by atoms with Crippen LogP contribution >= 0.6 is 27.5 Å². The molecule has 17 heavy (non-hydrogen) atoms. The number of aromatic nitrogens is 2. The van der Waals surface area contributed by atoms with Crippen molar-refractivity contribution in [1.82, 2.24) is 9.97 Å². The molecule has 1 heterocycles. The summed E-state index contributed by atoms with van der Waals surface area (Å²) in [7, 11) is 1.62. The number of methoxy groups -OCH3 is 1. The molecule has 0 saturated heterocycles. The van der Waals surface area contributed by atoms with Crippen molar-refractivity contribution < 1.29 is 4.74 Å². The third kappa shape index (κ3) is 3.08. The maximum atomic E-state index is 5.70. The Morgan fingerprint density at radius 3 is 2.88 bits per heavy atom. The number of ether oxygens (including phenoxy) is 1. The molecule has 0 aliphatic heterocycles. The van der Waals surface area contributed by atoms with Gasteiger partial charge < -0.3 is 10.1 Å². The number of anilines is 2. The summed E-state index contributed by atoms with van der Waals surface area (Å²) in [6, 6.07) is 7.40. The van der Waals surface area contributed by atoms with Crippen molar-refractivity contribution in [1.29, 1.82) is 0 Å². The summed E-state index contributed by atoms with van der Waals surface area (Å²) < 4.78 is 6.10. The fraction of sp³-hybridized carbons (Fsp3) is 0.0909. The minimum Gasteiger partial charge on any atom is -0.495 e. The van der Waals surface area contributed by atoms with E-state index in [2.05, 4.69) is 31.2 Å². The van der Waals surface area contributed by atoms with Crippen molar-refractivity contribution in [3.05, 3.63) is 40.2 Å². The van der Waals surface area contributed by atoms with E-state index >= 15 is 0 Å². The monoisotopic (exact) mass is 313 g/mol. The highest BCUT2D eigenvalue weighted by Gasteiger charge is 2.03. The first-order chi connectivity index (χ1) is 8.19. The Hall–Kier alpha value is -1.33. The molecule has 0 aliphatic carbocycles. The second kappa shape index (κ2) is 5.33. The van der Waals surface area contributed by atoms with Crippen molar-refractivity contribution in [2.24, 2.45) is 0 Å². The first-order valence-electron chi connectivity index (χ1n) is 4.78. The van der Waals surface area contributed by atoms with E-state index in [1.54, 1.807) is 19.4 Å². The fourth-order valence-electron chi connectivity index (χ4n) is 1.29. The van der Waals surface area contributed by atoms with Crippen LogP contribution in [0.1, 0.15) is 0 Å². The summed E-state index contributed by atoms with van der Waals surface area (Å²) in [6.45, 7) is 0. The lowest BCUT2D eigenvalue weighted by Crippen LogP contribution is -1.95. The average molecular weight is 315 g/mol. The minimum absolute atomic E-state index is 0.207. The molecular formula is C11H9BrClN3O. The van der Waals surface area contributed by atoms with Gasteiger partial charge in [0.25, 0.3) is 0 Å². The summed E-state index contributed by atoms with van der Waals surface area (Å²) in [5.41, 5.74) is 0.861. The second-order valence-electron chi connectivity index (χ2n) is 3.19. The van der Waals surface area contributed by atoms with Crippen LogP contribution in [0.15, 0.2) is 34.9 Å². The van der Waals surface area contributed by atoms with Crippen LogP contribution in [0.2, 0.25) is 5.28 Å². The van der Waals surface area contributed by atoms with Crippen molar-refractivity contribution >= 4 is 39.0 Å². The average Bonchev–Trinajstić information content (AvgIpc) is 2.32. The molecular weight excluding hydrogens is 305 g/mol. The van der Waals surface area contributed by atoms with E-state index in [0.29, 0.717) is 5.82 Å². The number of nitrogens with zero attached hydrogens (tertiary/aromatic N) is 2. The molecule has 0 atom stereocenters. The van der Waals surface area contributed by atoms with Crippen LogP contribution in [0.25, 0.3) is 0 Å².